The van der Waals surface area contributed by atoms with Crippen LogP contribution < -0.4 is 5.32 Å². The number of anilines is 1. The number of hydrogen-bond acceptors (Lipinski definition) is 2. The van der Waals surface area contributed by atoms with Gasteiger partial charge in [-0.05, 0) is 18.2 Å². The molecule has 1 rings (SSSR count). The van der Waals surface area contributed by atoms with Crippen LogP contribution in [-0.2, 0) is 6.18 Å². The van der Waals surface area contributed by atoms with E-state index in [1.54, 1.807) is 0 Å². The molecule has 0 aliphatic rings. The Kier molecular flexibility index (Phi) is 2.78. The van der Waals surface area contributed by atoms with E-state index in [9.17, 15) is 18.0 Å². The first-order chi connectivity index (χ1) is 6.49. The minimum absolute atomic E-state index is 0.0105. The summed E-state index contributed by atoms with van der Waals surface area (Å²) in [6.07, 6.45) is -4.06. The Balaban J connectivity index is 3.29. The first-order valence-electron chi connectivity index (χ1n) is 3.83. The van der Waals surface area contributed by atoms with Gasteiger partial charge in [0, 0.05) is 18.3 Å². The van der Waals surface area contributed by atoms with E-state index in [1.165, 1.54) is 19.2 Å². The van der Waals surface area contributed by atoms with E-state index in [-0.39, 0.29) is 11.3 Å². The molecule has 76 valence electrons. The topological polar surface area (TPSA) is 29.1 Å². The second-order valence-electron chi connectivity index (χ2n) is 2.67. The maximum Gasteiger partial charge on any atom is 0.418 e. The van der Waals surface area contributed by atoms with Crippen LogP contribution in [0.5, 0.6) is 0 Å². The molecule has 0 aliphatic carbocycles. The molecular weight excluding hydrogens is 195 g/mol. The third-order valence-electron chi connectivity index (χ3n) is 1.75. The summed E-state index contributed by atoms with van der Waals surface area (Å²) in [6, 6.07) is 3.37. The van der Waals surface area contributed by atoms with Gasteiger partial charge in [-0.15, -0.1) is 0 Å². The van der Waals surface area contributed by atoms with Crippen molar-refractivity contribution in [1.29, 1.82) is 0 Å². The van der Waals surface area contributed by atoms with Gasteiger partial charge in [-0.1, -0.05) is 0 Å². The van der Waals surface area contributed by atoms with E-state index in [4.69, 9.17) is 0 Å². The Morgan fingerprint density at radius 3 is 2.43 bits per heavy atom. The summed E-state index contributed by atoms with van der Waals surface area (Å²) in [5, 5.41) is 2.42. The van der Waals surface area contributed by atoms with Crippen LogP contribution in [0, 0.1) is 0 Å². The zero-order valence-corrected chi connectivity index (χ0v) is 7.35. The van der Waals surface area contributed by atoms with Crippen LogP contribution in [0.2, 0.25) is 0 Å². The van der Waals surface area contributed by atoms with Gasteiger partial charge < -0.3 is 5.32 Å². The van der Waals surface area contributed by atoms with E-state index in [2.05, 4.69) is 5.32 Å². The van der Waals surface area contributed by atoms with Crippen LogP contribution in [-0.4, -0.2) is 13.3 Å². The van der Waals surface area contributed by atoms with Crippen molar-refractivity contribution in [3.63, 3.8) is 0 Å². The Hall–Kier alpha value is -1.52. The summed E-state index contributed by atoms with van der Waals surface area (Å²) in [5.74, 6) is 0. The smallest absolute Gasteiger partial charge is 0.388 e. The largest absolute Gasteiger partial charge is 0.418 e. The van der Waals surface area contributed by atoms with E-state index in [1.807, 2.05) is 0 Å². The van der Waals surface area contributed by atoms with Crippen molar-refractivity contribution in [2.24, 2.45) is 0 Å². The van der Waals surface area contributed by atoms with Gasteiger partial charge in [0.15, 0.2) is 0 Å². The molecule has 1 aromatic carbocycles. The first-order valence-corrected chi connectivity index (χ1v) is 3.83. The standard InChI is InChI=1S/C9H8F3NO/c1-13-8-3-2-6(5-14)4-7(8)9(10,11)12/h2-5,13H,1H3. The second-order valence-corrected chi connectivity index (χ2v) is 2.67. The zero-order valence-electron chi connectivity index (χ0n) is 7.35. The summed E-state index contributed by atoms with van der Waals surface area (Å²) in [7, 11) is 1.39. The minimum Gasteiger partial charge on any atom is -0.388 e. The number of nitrogens with one attached hydrogen (secondary N) is 1. The molecule has 1 N–H and O–H groups in total. The predicted octanol–water partition coefficient (Wildman–Crippen LogP) is 2.56. The highest BCUT2D eigenvalue weighted by Crippen LogP contribution is 2.34. The predicted molar refractivity (Wildman–Crippen MR) is 46.4 cm³/mol. The van der Waals surface area contributed by atoms with Crippen molar-refractivity contribution in [1.82, 2.24) is 0 Å². The van der Waals surface area contributed by atoms with Gasteiger partial charge >= 0.3 is 6.18 Å². The summed E-state index contributed by atoms with van der Waals surface area (Å²) in [4.78, 5) is 10.3. The maximum absolute atomic E-state index is 12.4. The van der Waals surface area contributed by atoms with Crippen LogP contribution >= 0.6 is 0 Å². The fraction of sp³-hybridized carbons (Fsp3) is 0.222. The average Bonchev–Trinajstić information content (AvgIpc) is 2.15. The van der Waals surface area contributed by atoms with Gasteiger partial charge in [-0.3, -0.25) is 4.79 Å². The number of aldehydes is 1. The highest BCUT2D eigenvalue weighted by atomic mass is 19.4. The van der Waals surface area contributed by atoms with Crippen LogP contribution in [0.4, 0.5) is 18.9 Å². The van der Waals surface area contributed by atoms with E-state index >= 15 is 0 Å². The Morgan fingerprint density at radius 1 is 1.36 bits per heavy atom. The molecule has 0 aromatic heterocycles. The van der Waals surface area contributed by atoms with Gasteiger partial charge in [0.25, 0.3) is 0 Å². The molecule has 0 spiro atoms. The van der Waals surface area contributed by atoms with Crippen molar-refractivity contribution in [2.75, 3.05) is 12.4 Å². The fourth-order valence-electron chi connectivity index (χ4n) is 1.09. The summed E-state index contributed by atoms with van der Waals surface area (Å²) in [6.45, 7) is 0. The molecule has 0 heterocycles. The van der Waals surface area contributed by atoms with Crippen LogP contribution in [0.1, 0.15) is 15.9 Å². The highest BCUT2D eigenvalue weighted by Gasteiger charge is 2.33. The summed E-state index contributed by atoms with van der Waals surface area (Å²) < 4.78 is 37.2. The summed E-state index contributed by atoms with van der Waals surface area (Å²) >= 11 is 0. The van der Waals surface area contributed by atoms with Gasteiger partial charge in [0.2, 0.25) is 0 Å². The molecule has 0 unspecified atom stereocenters. The lowest BCUT2D eigenvalue weighted by atomic mass is 10.1. The van der Waals surface area contributed by atoms with E-state index < -0.39 is 11.7 Å². The zero-order chi connectivity index (χ0) is 10.8. The Labute approximate surface area is 78.7 Å². The number of carbonyl (C=O) groups excluding carboxylic acids is 1. The number of rotatable bonds is 2. The molecule has 0 saturated carbocycles. The Bertz CT molecular complexity index is 346. The number of benzene rings is 1. The average molecular weight is 203 g/mol. The monoisotopic (exact) mass is 203 g/mol. The van der Waals surface area contributed by atoms with Crippen molar-refractivity contribution < 1.29 is 18.0 Å². The van der Waals surface area contributed by atoms with Crippen molar-refractivity contribution in [2.45, 2.75) is 6.18 Å². The Morgan fingerprint density at radius 2 is 2.00 bits per heavy atom. The van der Waals surface area contributed by atoms with Gasteiger partial charge in [-0.2, -0.15) is 13.2 Å². The molecule has 0 bridgehead atoms. The van der Waals surface area contributed by atoms with Crippen LogP contribution in [0.25, 0.3) is 0 Å². The maximum atomic E-state index is 12.4. The van der Waals surface area contributed by atoms with Crippen LogP contribution in [0.15, 0.2) is 18.2 Å². The van der Waals surface area contributed by atoms with Gasteiger partial charge in [0.1, 0.15) is 6.29 Å². The van der Waals surface area contributed by atoms with E-state index in [0.717, 1.165) is 6.07 Å². The van der Waals surface area contributed by atoms with Crippen molar-refractivity contribution >= 4 is 12.0 Å². The molecule has 5 heteroatoms. The lowest BCUT2D eigenvalue weighted by Gasteiger charge is -2.12. The summed E-state index contributed by atoms with van der Waals surface area (Å²) in [5.41, 5.74) is -0.857. The molecule has 0 fully saturated rings. The van der Waals surface area contributed by atoms with Crippen molar-refractivity contribution in [3.05, 3.63) is 29.3 Å². The SMILES string of the molecule is CNc1ccc(C=O)cc1C(F)(F)F. The molecule has 0 saturated heterocycles. The molecule has 0 atom stereocenters. The fourth-order valence-corrected chi connectivity index (χ4v) is 1.09. The lowest BCUT2D eigenvalue weighted by Crippen LogP contribution is -2.09. The highest BCUT2D eigenvalue weighted by molar-refractivity contribution is 5.77. The third-order valence-corrected chi connectivity index (χ3v) is 1.75. The number of carbonyl (C=O) groups is 1. The number of alkyl halides is 3. The molecule has 0 radical (unpaired) electrons. The minimum atomic E-state index is -4.45. The molecular formula is C9H8F3NO. The molecule has 2 nitrogen and oxygen atoms in total. The quantitative estimate of drug-likeness (QED) is 0.748. The molecule has 0 amide bonds. The molecule has 14 heavy (non-hydrogen) atoms. The van der Waals surface area contributed by atoms with E-state index in [0.29, 0.717) is 6.29 Å². The normalized spacial score (nSPS) is 11.1. The third kappa shape index (κ3) is 2.04. The number of halogens is 3. The first kappa shape index (κ1) is 10.6. The van der Waals surface area contributed by atoms with Crippen LogP contribution in [0.3, 0.4) is 0 Å². The molecule has 1 aromatic rings. The van der Waals surface area contributed by atoms with Gasteiger partial charge in [0.05, 0.1) is 5.56 Å². The second kappa shape index (κ2) is 3.69. The lowest BCUT2D eigenvalue weighted by molar-refractivity contribution is -0.136. The van der Waals surface area contributed by atoms with Crippen molar-refractivity contribution in [3.8, 4) is 0 Å². The molecule has 0 aliphatic heterocycles. The number of hydrogen-bond donors (Lipinski definition) is 1. The van der Waals surface area contributed by atoms with Gasteiger partial charge in [-0.25, -0.2) is 0 Å².